The SMILES string of the molecule is CCCCn1c(N)c(N(C(=O)Cn2nnn(-c3ccccc3)c2=O)C2CCCC2)c(=O)[nH]c1=O. The normalized spacial score (nSPS) is 13.9. The molecule has 2 aromatic heterocycles. The van der Waals surface area contributed by atoms with Gasteiger partial charge < -0.3 is 5.73 Å². The number of tetrazole rings is 1. The van der Waals surface area contributed by atoms with E-state index in [0.717, 1.165) is 28.6 Å². The van der Waals surface area contributed by atoms with Crippen LogP contribution in [0.3, 0.4) is 0 Å². The molecule has 3 N–H and O–H groups in total. The molecule has 12 nitrogen and oxygen atoms in total. The lowest BCUT2D eigenvalue weighted by Gasteiger charge is -2.29. The lowest BCUT2D eigenvalue weighted by atomic mass is 10.2. The number of unbranched alkanes of at least 4 members (excludes halogenated alkanes) is 1. The number of para-hydroxylation sites is 1. The fourth-order valence-electron chi connectivity index (χ4n) is 4.33. The molecule has 12 heteroatoms. The quantitative estimate of drug-likeness (QED) is 0.492. The number of rotatable bonds is 8. The third-order valence-corrected chi connectivity index (χ3v) is 6.07. The Morgan fingerprint density at radius 1 is 1.15 bits per heavy atom. The van der Waals surface area contributed by atoms with Gasteiger partial charge in [-0.3, -0.25) is 24.0 Å². The number of anilines is 2. The highest BCUT2D eigenvalue weighted by Crippen LogP contribution is 2.29. The van der Waals surface area contributed by atoms with Gasteiger partial charge in [0, 0.05) is 12.6 Å². The third kappa shape index (κ3) is 4.43. The molecule has 1 aliphatic carbocycles. The zero-order valence-electron chi connectivity index (χ0n) is 19.0. The van der Waals surface area contributed by atoms with Crippen molar-refractivity contribution >= 4 is 17.4 Å². The van der Waals surface area contributed by atoms with Crippen molar-refractivity contribution in [2.45, 2.75) is 64.6 Å². The molecule has 0 aliphatic heterocycles. The fourth-order valence-corrected chi connectivity index (χ4v) is 4.33. The molecule has 1 saturated carbocycles. The topological polar surface area (TPSA) is 154 Å². The third-order valence-electron chi connectivity index (χ3n) is 6.07. The van der Waals surface area contributed by atoms with E-state index in [1.807, 2.05) is 13.0 Å². The summed E-state index contributed by atoms with van der Waals surface area (Å²) in [6, 6.07) is 8.46. The van der Waals surface area contributed by atoms with Crippen LogP contribution in [0.4, 0.5) is 11.5 Å². The van der Waals surface area contributed by atoms with Crippen molar-refractivity contribution in [3.05, 3.63) is 61.7 Å². The van der Waals surface area contributed by atoms with E-state index in [2.05, 4.69) is 15.4 Å². The minimum atomic E-state index is -0.726. The first-order chi connectivity index (χ1) is 16.4. The van der Waals surface area contributed by atoms with Crippen molar-refractivity contribution in [2.24, 2.45) is 0 Å². The molecular formula is C22H28N8O4. The number of H-pyrrole nitrogens is 1. The second-order valence-electron chi connectivity index (χ2n) is 8.37. The molecule has 1 fully saturated rings. The van der Waals surface area contributed by atoms with Crippen LogP contribution < -0.4 is 27.6 Å². The van der Waals surface area contributed by atoms with Gasteiger partial charge in [-0.1, -0.05) is 44.4 Å². The van der Waals surface area contributed by atoms with E-state index in [9.17, 15) is 19.2 Å². The van der Waals surface area contributed by atoms with Crippen molar-refractivity contribution < 1.29 is 4.79 Å². The maximum Gasteiger partial charge on any atom is 0.368 e. The summed E-state index contributed by atoms with van der Waals surface area (Å²) in [5, 5.41) is 7.72. The number of hydrogen-bond acceptors (Lipinski definition) is 7. The second-order valence-corrected chi connectivity index (χ2v) is 8.37. The Morgan fingerprint density at radius 3 is 2.53 bits per heavy atom. The summed E-state index contributed by atoms with van der Waals surface area (Å²) in [5.41, 5.74) is 4.82. The average molecular weight is 469 g/mol. The number of nitrogen functional groups attached to an aromatic ring is 1. The standard InChI is InChI=1S/C22H28N8O4/c1-2-3-13-27-19(23)18(20(32)24-21(27)33)29(15-9-7-8-10-15)17(31)14-28-22(34)30(26-25-28)16-11-5-4-6-12-16/h4-6,11-12,15H,2-3,7-10,13-14,23H2,1H3,(H,24,32,33). The van der Waals surface area contributed by atoms with Crippen LogP contribution in [0.25, 0.3) is 5.69 Å². The summed E-state index contributed by atoms with van der Waals surface area (Å²) in [6.07, 6.45) is 4.67. The minimum Gasteiger partial charge on any atom is -0.383 e. The first-order valence-electron chi connectivity index (χ1n) is 11.4. The van der Waals surface area contributed by atoms with Crippen molar-refractivity contribution in [3.8, 4) is 5.69 Å². The van der Waals surface area contributed by atoms with Crippen molar-refractivity contribution in [2.75, 3.05) is 10.6 Å². The molecule has 0 radical (unpaired) electrons. The number of aromatic nitrogens is 6. The number of aromatic amines is 1. The van der Waals surface area contributed by atoms with Crippen LogP contribution in [0.2, 0.25) is 0 Å². The number of carbonyl (C=O) groups is 1. The molecule has 3 aromatic rings. The van der Waals surface area contributed by atoms with Gasteiger partial charge in [0.05, 0.1) is 5.69 Å². The van der Waals surface area contributed by atoms with E-state index in [0.29, 0.717) is 31.5 Å². The van der Waals surface area contributed by atoms with E-state index in [4.69, 9.17) is 5.73 Å². The zero-order valence-corrected chi connectivity index (χ0v) is 19.0. The van der Waals surface area contributed by atoms with E-state index >= 15 is 0 Å². The number of carbonyl (C=O) groups excluding carboxylic acids is 1. The Bertz CT molecular complexity index is 1330. The molecule has 2 heterocycles. The second kappa shape index (κ2) is 9.89. The van der Waals surface area contributed by atoms with Crippen LogP contribution in [0.15, 0.2) is 44.7 Å². The minimum absolute atomic E-state index is 0.0530. The molecular weight excluding hydrogens is 440 g/mol. The maximum absolute atomic E-state index is 13.5. The first kappa shape index (κ1) is 23.2. The number of benzene rings is 1. The van der Waals surface area contributed by atoms with Gasteiger partial charge in [0.1, 0.15) is 12.4 Å². The Morgan fingerprint density at radius 2 is 1.85 bits per heavy atom. The lowest BCUT2D eigenvalue weighted by molar-refractivity contribution is -0.119. The zero-order chi connectivity index (χ0) is 24.2. The lowest BCUT2D eigenvalue weighted by Crippen LogP contribution is -2.47. The molecule has 0 unspecified atom stereocenters. The fraction of sp³-hybridized carbons (Fsp3) is 0.455. The van der Waals surface area contributed by atoms with E-state index in [1.165, 1.54) is 9.47 Å². The molecule has 0 atom stereocenters. The van der Waals surface area contributed by atoms with Crippen molar-refractivity contribution in [1.29, 1.82) is 0 Å². The van der Waals surface area contributed by atoms with Crippen molar-refractivity contribution in [3.63, 3.8) is 0 Å². The van der Waals surface area contributed by atoms with Gasteiger partial charge in [0.25, 0.3) is 5.56 Å². The Kier molecular flexibility index (Phi) is 6.75. The number of nitrogens with one attached hydrogen (secondary N) is 1. The molecule has 34 heavy (non-hydrogen) atoms. The van der Waals surface area contributed by atoms with Crippen LogP contribution in [-0.2, 0) is 17.9 Å². The molecule has 4 rings (SSSR count). The molecule has 1 amide bonds. The van der Waals surface area contributed by atoms with Gasteiger partial charge in [-0.2, -0.15) is 9.36 Å². The summed E-state index contributed by atoms with van der Waals surface area (Å²) >= 11 is 0. The van der Waals surface area contributed by atoms with Crippen molar-refractivity contribution in [1.82, 2.24) is 29.3 Å². The van der Waals surface area contributed by atoms with Gasteiger partial charge >= 0.3 is 11.4 Å². The van der Waals surface area contributed by atoms with E-state index in [1.54, 1.807) is 24.3 Å². The Hall–Kier alpha value is -3.96. The predicted octanol–water partition coefficient (Wildman–Crippen LogP) is 0.637. The maximum atomic E-state index is 13.5. The van der Waals surface area contributed by atoms with Crippen LogP contribution in [-0.4, -0.2) is 41.3 Å². The Labute approximate surface area is 194 Å². The highest BCUT2D eigenvalue weighted by molar-refractivity contribution is 5.96. The van der Waals surface area contributed by atoms with Crippen LogP contribution in [0.1, 0.15) is 45.4 Å². The van der Waals surface area contributed by atoms with E-state index in [-0.39, 0.29) is 17.5 Å². The molecule has 0 bridgehead atoms. The summed E-state index contributed by atoms with van der Waals surface area (Å²) in [5.74, 6) is -0.574. The molecule has 0 spiro atoms. The number of nitrogens with zero attached hydrogens (tertiary/aromatic N) is 6. The smallest absolute Gasteiger partial charge is 0.368 e. The highest BCUT2D eigenvalue weighted by Gasteiger charge is 2.33. The summed E-state index contributed by atoms with van der Waals surface area (Å²) < 4.78 is 3.33. The van der Waals surface area contributed by atoms with Gasteiger partial charge in [-0.25, -0.2) is 9.59 Å². The number of nitrogens with two attached hydrogens (primary N) is 1. The van der Waals surface area contributed by atoms with Gasteiger partial charge in [-0.05, 0) is 41.8 Å². The Balaban J connectivity index is 1.72. The number of amides is 1. The van der Waals surface area contributed by atoms with Gasteiger partial charge in [0.2, 0.25) is 5.91 Å². The summed E-state index contributed by atoms with van der Waals surface area (Å²) in [4.78, 5) is 55.2. The number of hydrogen-bond donors (Lipinski definition) is 2. The van der Waals surface area contributed by atoms with E-state index < -0.39 is 29.4 Å². The van der Waals surface area contributed by atoms with Crippen LogP contribution in [0, 0.1) is 0 Å². The highest BCUT2D eigenvalue weighted by atomic mass is 16.2. The average Bonchev–Trinajstić information content (AvgIpc) is 3.47. The summed E-state index contributed by atoms with van der Waals surface area (Å²) in [7, 11) is 0. The monoisotopic (exact) mass is 468 g/mol. The largest absolute Gasteiger partial charge is 0.383 e. The molecule has 180 valence electrons. The van der Waals surface area contributed by atoms with Crippen LogP contribution in [0.5, 0.6) is 0 Å². The van der Waals surface area contributed by atoms with Gasteiger partial charge in [-0.15, -0.1) is 0 Å². The van der Waals surface area contributed by atoms with Gasteiger partial charge in [0.15, 0.2) is 5.69 Å². The molecule has 1 aromatic carbocycles. The molecule has 0 saturated heterocycles. The predicted molar refractivity (Wildman–Crippen MR) is 126 cm³/mol. The first-order valence-corrected chi connectivity index (χ1v) is 11.4. The van der Waals surface area contributed by atoms with Crippen LogP contribution >= 0.6 is 0 Å². The summed E-state index contributed by atoms with van der Waals surface area (Å²) in [6.45, 7) is 1.88. The molecule has 1 aliphatic rings.